The fraction of sp³-hybridized carbons (Fsp3) is 0.0357. The summed E-state index contributed by atoms with van der Waals surface area (Å²) in [6.45, 7) is 2.12. The van der Waals surface area contributed by atoms with Crippen LogP contribution in [0.1, 0.15) is 18.7 Å². The number of fused-ring (bicyclic) bond motifs is 10. The molecule has 63 heavy (non-hydrogen) atoms. The van der Waals surface area contributed by atoms with E-state index in [1.807, 2.05) is 0 Å². The quantitative estimate of drug-likeness (QED) is 0.190. The van der Waals surface area contributed by atoms with Crippen LogP contribution in [0.3, 0.4) is 0 Å². The standard InChI is InChI=1S/C56H39N7/c1-2-38-39-20-8-16-30-50(39)63(53(38)35-60-46-26-12-6-21-40(46)41-22-7-13-27-47(41)60)56-58-54(36-18-4-3-5-19-36)57-55(59-56)62-51-31-17-11-25-44(51)45-34-37(32-33-52(45)62)61-48-28-14-9-23-42(48)43-24-10-15-29-49(43)61/h2-35,54H,1H3,(H,57,58,59)/b38-2-,53-35+. The third-order valence-corrected chi connectivity index (χ3v) is 12.8. The molecule has 0 spiro atoms. The lowest BCUT2D eigenvalue weighted by molar-refractivity contribution is 0.652. The second kappa shape index (κ2) is 13.8. The fourth-order valence-electron chi connectivity index (χ4n) is 10.1. The molecule has 0 saturated carbocycles. The fourth-order valence-corrected chi connectivity index (χ4v) is 10.1. The molecule has 1 aliphatic heterocycles. The molecule has 1 aliphatic rings. The zero-order valence-corrected chi connectivity index (χ0v) is 34.4. The minimum Gasteiger partial charge on any atom is -0.330 e. The molecular weight excluding hydrogens is 771 g/mol. The Bertz CT molecular complexity index is 3920. The third kappa shape index (κ3) is 5.26. The van der Waals surface area contributed by atoms with Gasteiger partial charge in [-0.1, -0.05) is 146 Å². The number of aromatic nitrogens is 4. The van der Waals surface area contributed by atoms with Gasteiger partial charge in [0.1, 0.15) is 0 Å². The molecule has 12 aromatic rings. The van der Waals surface area contributed by atoms with Gasteiger partial charge in [0.2, 0.25) is 11.9 Å². The molecule has 0 fully saturated rings. The van der Waals surface area contributed by atoms with E-state index in [1.165, 1.54) is 32.6 Å². The largest absolute Gasteiger partial charge is 0.330 e. The number of rotatable bonds is 3. The van der Waals surface area contributed by atoms with E-state index in [2.05, 4.69) is 237 Å². The molecule has 7 heteroatoms. The first kappa shape index (κ1) is 35.3. The molecule has 1 unspecified atom stereocenters. The molecule has 1 atom stereocenters. The van der Waals surface area contributed by atoms with Gasteiger partial charge in [0, 0.05) is 54.8 Å². The van der Waals surface area contributed by atoms with Crippen molar-refractivity contribution in [1.29, 1.82) is 0 Å². The second-order valence-electron chi connectivity index (χ2n) is 16.2. The summed E-state index contributed by atoms with van der Waals surface area (Å²) in [5.41, 5.74) is 9.93. The highest BCUT2D eigenvalue weighted by Crippen LogP contribution is 2.36. The minimum atomic E-state index is -0.418. The van der Waals surface area contributed by atoms with E-state index in [1.54, 1.807) is 0 Å². The first-order chi connectivity index (χ1) is 31.2. The van der Waals surface area contributed by atoms with Crippen LogP contribution in [0.5, 0.6) is 0 Å². The van der Waals surface area contributed by atoms with Gasteiger partial charge in [-0.25, -0.2) is 4.99 Å². The number of hydrogen-bond acceptors (Lipinski definition) is 3. The lowest BCUT2D eigenvalue weighted by Crippen LogP contribution is -2.44. The summed E-state index contributed by atoms with van der Waals surface area (Å²) in [5.74, 6) is 1.30. The Balaban J connectivity index is 1.08. The first-order valence-electron chi connectivity index (χ1n) is 21.5. The van der Waals surface area contributed by atoms with Crippen molar-refractivity contribution in [2.45, 2.75) is 13.1 Å². The molecule has 0 saturated heterocycles. The lowest BCUT2D eigenvalue weighted by atomic mass is 10.1. The van der Waals surface area contributed by atoms with E-state index in [4.69, 9.17) is 9.98 Å². The van der Waals surface area contributed by atoms with Crippen LogP contribution in [0, 0.1) is 0 Å². The van der Waals surface area contributed by atoms with Crippen LogP contribution in [0.15, 0.2) is 204 Å². The normalized spacial score (nSPS) is 15.1. The van der Waals surface area contributed by atoms with Crippen molar-refractivity contribution in [1.82, 2.24) is 23.6 Å². The van der Waals surface area contributed by atoms with Crippen LogP contribution < -0.4 is 15.9 Å². The molecule has 4 aromatic heterocycles. The highest BCUT2D eigenvalue weighted by Gasteiger charge is 2.26. The minimum absolute atomic E-state index is 0.418. The number of hydrogen-bond donors (Lipinski definition) is 1. The Hall–Kier alpha value is -8.42. The van der Waals surface area contributed by atoms with E-state index >= 15 is 0 Å². The molecule has 0 aliphatic carbocycles. The maximum atomic E-state index is 5.57. The molecule has 0 bridgehead atoms. The smallest absolute Gasteiger partial charge is 0.235 e. The molecule has 1 N–H and O–H groups in total. The monoisotopic (exact) mass is 809 g/mol. The van der Waals surface area contributed by atoms with E-state index in [9.17, 15) is 0 Å². The van der Waals surface area contributed by atoms with Crippen LogP contribution in [0.2, 0.25) is 0 Å². The van der Waals surface area contributed by atoms with E-state index in [-0.39, 0.29) is 0 Å². The van der Waals surface area contributed by atoms with Crippen molar-refractivity contribution in [2.24, 2.45) is 9.98 Å². The summed E-state index contributed by atoms with van der Waals surface area (Å²) in [4.78, 5) is 11.0. The number of benzene rings is 8. The zero-order valence-electron chi connectivity index (χ0n) is 34.4. The van der Waals surface area contributed by atoms with Gasteiger partial charge in [0.15, 0.2) is 6.17 Å². The van der Waals surface area contributed by atoms with E-state index in [0.717, 1.165) is 65.6 Å². The summed E-state index contributed by atoms with van der Waals surface area (Å²) >= 11 is 0. The van der Waals surface area contributed by atoms with Gasteiger partial charge >= 0.3 is 0 Å². The lowest BCUT2D eigenvalue weighted by Gasteiger charge is -2.25. The van der Waals surface area contributed by atoms with E-state index in [0.29, 0.717) is 11.9 Å². The Morgan fingerprint density at radius 1 is 0.444 bits per heavy atom. The average Bonchev–Trinajstić information content (AvgIpc) is 4.06. The summed E-state index contributed by atoms with van der Waals surface area (Å²) in [5, 5.41) is 14.3. The van der Waals surface area contributed by atoms with Crippen LogP contribution in [-0.4, -0.2) is 30.2 Å². The molecular formula is C56H39N7. The topological polar surface area (TPSA) is 56.5 Å². The SMILES string of the molecule is C/C=c1\c(=C/n2c3ccccc3c3ccccc32)n(C2=NC(n3c4ccccc4c4cc(-n5c6ccccc6c6ccccc65)ccc43)=NC(c3ccccc3)N2)c2ccccc12. The maximum absolute atomic E-state index is 5.57. The number of para-hydroxylation sites is 6. The van der Waals surface area contributed by atoms with Crippen LogP contribution in [0.25, 0.3) is 94.3 Å². The van der Waals surface area contributed by atoms with Crippen molar-refractivity contribution in [3.05, 3.63) is 210 Å². The Labute approximate surface area is 361 Å². The summed E-state index contributed by atoms with van der Waals surface area (Å²) in [7, 11) is 0. The Morgan fingerprint density at radius 2 is 0.905 bits per heavy atom. The predicted molar refractivity (Wildman–Crippen MR) is 262 cm³/mol. The molecule has 298 valence electrons. The van der Waals surface area contributed by atoms with Gasteiger partial charge in [-0.3, -0.25) is 9.13 Å². The highest BCUT2D eigenvalue weighted by atomic mass is 15.4. The Morgan fingerprint density at radius 3 is 1.49 bits per heavy atom. The molecule has 7 nitrogen and oxygen atoms in total. The summed E-state index contributed by atoms with van der Waals surface area (Å²) < 4.78 is 9.24. The Kier molecular flexibility index (Phi) is 7.75. The van der Waals surface area contributed by atoms with Crippen molar-refractivity contribution in [3.8, 4) is 5.69 Å². The van der Waals surface area contributed by atoms with Crippen molar-refractivity contribution in [2.75, 3.05) is 0 Å². The number of nitrogens with one attached hydrogen (secondary N) is 1. The van der Waals surface area contributed by atoms with Gasteiger partial charge in [0.05, 0.1) is 44.0 Å². The van der Waals surface area contributed by atoms with Gasteiger partial charge < -0.3 is 14.5 Å². The predicted octanol–water partition coefficient (Wildman–Crippen LogP) is 11.5. The van der Waals surface area contributed by atoms with Gasteiger partial charge in [-0.15, -0.1) is 0 Å². The van der Waals surface area contributed by atoms with Crippen LogP contribution in [0.4, 0.5) is 0 Å². The van der Waals surface area contributed by atoms with Gasteiger partial charge in [-0.2, -0.15) is 4.99 Å². The van der Waals surface area contributed by atoms with Crippen LogP contribution in [-0.2, 0) is 0 Å². The van der Waals surface area contributed by atoms with Gasteiger partial charge in [-0.05, 0) is 67.1 Å². The molecule has 0 amide bonds. The zero-order chi connectivity index (χ0) is 41.6. The number of nitrogens with zero attached hydrogens (tertiary/aromatic N) is 6. The third-order valence-electron chi connectivity index (χ3n) is 12.8. The van der Waals surface area contributed by atoms with Crippen molar-refractivity contribution >= 4 is 101 Å². The van der Waals surface area contributed by atoms with Crippen LogP contribution >= 0.6 is 0 Å². The number of aliphatic imine (C=N–C) groups is 2. The second-order valence-corrected chi connectivity index (χ2v) is 16.2. The van der Waals surface area contributed by atoms with Crippen molar-refractivity contribution < 1.29 is 0 Å². The highest BCUT2D eigenvalue weighted by molar-refractivity contribution is 6.17. The molecule has 5 heterocycles. The molecule has 13 rings (SSSR count). The first-order valence-corrected chi connectivity index (χ1v) is 21.5. The molecule has 0 radical (unpaired) electrons. The van der Waals surface area contributed by atoms with Gasteiger partial charge in [0.25, 0.3) is 0 Å². The molecule has 8 aromatic carbocycles. The maximum Gasteiger partial charge on any atom is 0.235 e. The van der Waals surface area contributed by atoms with E-state index < -0.39 is 6.17 Å². The van der Waals surface area contributed by atoms with Crippen molar-refractivity contribution in [3.63, 3.8) is 0 Å². The summed E-state index contributed by atoms with van der Waals surface area (Å²) in [6, 6.07) is 69.2. The average molecular weight is 810 g/mol. The summed E-state index contributed by atoms with van der Waals surface area (Å²) in [6.07, 6.45) is 4.08.